The molecule has 0 aliphatic rings. The van der Waals surface area contributed by atoms with Gasteiger partial charge in [0.25, 0.3) is 0 Å². The monoisotopic (exact) mass is 905 g/mol. The van der Waals surface area contributed by atoms with Gasteiger partial charge < -0.3 is 33.9 Å². The second-order valence-corrected chi connectivity index (χ2v) is 18.8. The van der Waals surface area contributed by atoms with Gasteiger partial charge in [-0.3, -0.25) is 0 Å². The lowest BCUT2D eigenvalue weighted by atomic mass is 10.0. The lowest BCUT2D eigenvalue weighted by molar-refractivity contribution is 0.0104. The van der Waals surface area contributed by atoms with Crippen molar-refractivity contribution in [3.8, 4) is 23.0 Å². The Kier molecular flexibility index (Phi) is 35.0. The SMILES string of the molecule is CCCCCCCCCCCCCCCCCCOCC(O)COc1cc(Oc2ccccc2)c(OCC(O)COCCCCCCCCCCCCCCCCCC)c2ccccc12. The molecule has 65 heavy (non-hydrogen) atoms. The first-order valence-electron chi connectivity index (χ1n) is 27.2. The van der Waals surface area contributed by atoms with Crippen LogP contribution in [0.15, 0.2) is 60.7 Å². The van der Waals surface area contributed by atoms with Crippen molar-refractivity contribution in [3.05, 3.63) is 60.7 Å². The molecule has 3 aromatic carbocycles. The number of ether oxygens (including phenoxy) is 5. The fourth-order valence-corrected chi connectivity index (χ4v) is 8.66. The molecule has 0 saturated carbocycles. The second-order valence-electron chi connectivity index (χ2n) is 18.8. The predicted octanol–water partition coefficient (Wildman–Crippen LogP) is 16.7. The molecule has 0 amide bonds. The molecule has 0 spiro atoms. The molecule has 0 bridgehead atoms. The lowest BCUT2D eigenvalue weighted by Gasteiger charge is -2.20. The van der Waals surface area contributed by atoms with E-state index >= 15 is 0 Å². The van der Waals surface area contributed by atoms with E-state index in [1.807, 2.05) is 60.7 Å². The van der Waals surface area contributed by atoms with Crippen molar-refractivity contribution in [2.75, 3.05) is 39.6 Å². The summed E-state index contributed by atoms with van der Waals surface area (Å²) >= 11 is 0. The number of aliphatic hydroxyl groups is 2. The Morgan fingerprint density at radius 1 is 0.369 bits per heavy atom. The van der Waals surface area contributed by atoms with Gasteiger partial charge in [0.05, 0.1) is 13.2 Å². The molecular formula is C58H96O7. The van der Waals surface area contributed by atoms with Crippen molar-refractivity contribution in [2.45, 2.75) is 232 Å². The normalized spacial score (nSPS) is 12.5. The minimum atomic E-state index is -0.787. The third-order valence-electron chi connectivity index (χ3n) is 12.7. The highest BCUT2D eigenvalue weighted by atomic mass is 16.5. The zero-order chi connectivity index (χ0) is 46.1. The average Bonchev–Trinajstić information content (AvgIpc) is 3.32. The standard InChI is InChI=1S/C58H96O7/c1-3-5-7-9-11-13-15-17-19-21-23-25-27-29-31-38-44-61-47-51(59)49-63-56-46-57(65-53-40-34-33-35-41-53)58(55-43-37-36-42-54(55)56)64-50-52(60)48-62-45-39-32-30-28-26-24-22-20-18-16-14-12-10-8-6-4-2/h33-37,40-43,46,51-52,59-60H,3-32,38-39,44-45,47-50H2,1-2H3. The van der Waals surface area contributed by atoms with Crippen molar-refractivity contribution < 1.29 is 33.9 Å². The molecule has 370 valence electrons. The summed E-state index contributed by atoms with van der Waals surface area (Å²) in [6, 6.07) is 19.2. The Hall–Kier alpha value is -2.84. The van der Waals surface area contributed by atoms with Gasteiger partial charge in [-0.1, -0.05) is 249 Å². The molecule has 0 fully saturated rings. The van der Waals surface area contributed by atoms with Crippen molar-refractivity contribution in [1.82, 2.24) is 0 Å². The van der Waals surface area contributed by atoms with Gasteiger partial charge in [0.1, 0.15) is 36.9 Å². The largest absolute Gasteiger partial charge is 0.490 e. The van der Waals surface area contributed by atoms with Crippen LogP contribution < -0.4 is 14.2 Å². The zero-order valence-corrected chi connectivity index (χ0v) is 41.7. The van der Waals surface area contributed by atoms with Gasteiger partial charge in [-0.2, -0.15) is 0 Å². The summed E-state index contributed by atoms with van der Waals surface area (Å²) in [7, 11) is 0. The van der Waals surface area contributed by atoms with Crippen LogP contribution in [-0.2, 0) is 9.47 Å². The molecule has 2 unspecified atom stereocenters. The van der Waals surface area contributed by atoms with Crippen molar-refractivity contribution >= 4 is 10.8 Å². The number of para-hydroxylation sites is 1. The summed E-state index contributed by atoms with van der Waals surface area (Å²) in [6.07, 6.45) is 41.3. The summed E-state index contributed by atoms with van der Waals surface area (Å²) in [6.45, 7) is 6.45. The van der Waals surface area contributed by atoms with E-state index in [-0.39, 0.29) is 26.4 Å². The van der Waals surface area contributed by atoms with E-state index < -0.39 is 12.2 Å². The number of unbranched alkanes of at least 4 members (excludes halogenated alkanes) is 30. The van der Waals surface area contributed by atoms with E-state index in [1.165, 1.54) is 186 Å². The Bertz CT molecular complexity index is 1500. The molecule has 3 aromatic rings. The fraction of sp³-hybridized carbons (Fsp3) is 0.724. The lowest BCUT2D eigenvalue weighted by Crippen LogP contribution is -2.24. The molecule has 2 atom stereocenters. The van der Waals surface area contributed by atoms with Gasteiger partial charge in [-0.05, 0) is 25.0 Å². The summed E-state index contributed by atoms with van der Waals surface area (Å²) in [4.78, 5) is 0. The van der Waals surface area contributed by atoms with Crippen LogP contribution in [0.1, 0.15) is 219 Å². The molecule has 0 aliphatic heterocycles. The highest BCUT2D eigenvalue weighted by Crippen LogP contribution is 2.43. The summed E-state index contributed by atoms with van der Waals surface area (Å²) < 4.78 is 30.6. The minimum absolute atomic E-state index is 0.0593. The van der Waals surface area contributed by atoms with Crippen LogP contribution in [0.5, 0.6) is 23.0 Å². The molecule has 0 saturated heterocycles. The minimum Gasteiger partial charge on any atom is -0.490 e. The summed E-state index contributed by atoms with van der Waals surface area (Å²) in [5.41, 5.74) is 0. The van der Waals surface area contributed by atoms with Gasteiger partial charge in [-0.15, -0.1) is 0 Å². The van der Waals surface area contributed by atoms with Crippen LogP contribution in [-0.4, -0.2) is 62.1 Å². The first-order chi connectivity index (χ1) is 32.1. The van der Waals surface area contributed by atoms with Crippen LogP contribution in [0.25, 0.3) is 10.8 Å². The van der Waals surface area contributed by atoms with Crippen molar-refractivity contribution in [3.63, 3.8) is 0 Å². The molecule has 3 rings (SSSR count). The topological polar surface area (TPSA) is 86.6 Å². The van der Waals surface area contributed by atoms with E-state index in [1.54, 1.807) is 0 Å². The Labute approximate surface area is 398 Å². The van der Waals surface area contributed by atoms with E-state index in [0.717, 1.165) is 30.0 Å². The van der Waals surface area contributed by atoms with Crippen molar-refractivity contribution in [2.24, 2.45) is 0 Å². The molecule has 7 nitrogen and oxygen atoms in total. The van der Waals surface area contributed by atoms with Gasteiger partial charge in [0.2, 0.25) is 0 Å². The third-order valence-corrected chi connectivity index (χ3v) is 12.7. The quantitative estimate of drug-likeness (QED) is 0.0546. The van der Waals surface area contributed by atoms with E-state index in [9.17, 15) is 10.2 Å². The third kappa shape index (κ3) is 28.8. The molecule has 0 heterocycles. The Morgan fingerprint density at radius 3 is 1.14 bits per heavy atom. The van der Waals surface area contributed by atoms with Crippen LogP contribution in [0.4, 0.5) is 0 Å². The van der Waals surface area contributed by atoms with Crippen LogP contribution in [0.2, 0.25) is 0 Å². The maximum Gasteiger partial charge on any atom is 0.173 e. The van der Waals surface area contributed by atoms with Crippen molar-refractivity contribution in [1.29, 1.82) is 0 Å². The van der Waals surface area contributed by atoms with Crippen LogP contribution in [0, 0.1) is 0 Å². The summed E-state index contributed by atoms with van der Waals surface area (Å²) in [5.74, 6) is 2.24. The maximum absolute atomic E-state index is 10.9. The Morgan fingerprint density at radius 2 is 0.723 bits per heavy atom. The number of rotatable bonds is 46. The zero-order valence-electron chi connectivity index (χ0n) is 41.7. The number of hydrogen-bond acceptors (Lipinski definition) is 7. The number of hydrogen-bond donors (Lipinski definition) is 2. The van der Waals surface area contributed by atoms with Gasteiger partial charge in [-0.25, -0.2) is 0 Å². The first-order valence-corrected chi connectivity index (χ1v) is 27.2. The Balaban J connectivity index is 1.30. The maximum atomic E-state index is 10.9. The smallest absolute Gasteiger partial charge is 0.173 e. The molecule has 0 aromatic heterocycles. The molecule has 2 N–H and O–H groups in total. The molecule has 7 heteroatoms. The fourth-order valence-electron chi connectivity index (χ4n) is 8.66. The molecule has 0 radical (unpaired) electrons. The van der Waals surface area contributed by atoms with Gasteiger partial charge >= 0.3 is 0 Å². The predicted molar refractivity (Wildman–Crippen MR) is 274 cm³/mol. The summed E-state index contributed by atoms with van der Waals surface area (Å²) in [5, 5.41) is 23.3. The number of fused-ring (bicyclic) bond motifs is 1. The van der Waals surface area contributed by atoms with E-state index in [4.69, 9.17) is 23.7 Å². The van der Waals surface area contributed by atoms with Crippen LogP contribution in [0.3, 0.4) is 0 Å². The second kappa shape index (κ2) is 40.2. The number of aliphatic hydroxyl groups excluding tert-OH is 2. The van der Waals surface area contributed by atoms with E-state index in [2.05, 4.69) is 13.8 Å². The average molecular weight is 905 g/mol. The molecule has 0 aliphatic carbocycles. The highest BCUT2D eigenvalue weighted by Gasteiger charge is 2.19. The first kappa shape index (κ1) is 56.5. The number of benzene rings is 3. The molecular weight excluding hydrogens is 809 g/mol. The highest BCUT2D eigenvalue weighted by molar-refractivity contribution is 5.95. The van der Waals surface area contributed by atoms with Crippen LogP contribution >= 0.6 is 0 Å². The van der Waals surface area contributed by atoms with E-state index in [0.29, 0.717) is 36.2 Å². The van der Waals surface area contributed by atoms with Gasteiger partial charge in [0, 0.05) is 30.1 Å². The van der Waals surface area contributed by atoms with Gasteiger partial charge in [0.15, 0.2) is 11.5 Å².